The van der Waals surface area contributed by atoms with E-state index >= 15 is 0 Å². The Morgan fingerprint density at radius 3 is 2.07 bits per heavy atom. The molecular weight excluding hydrogens is 400 g/mol. The third kappa shape index (κ3) is 3.84. The van der Waals surface area contributed by atoms with Crippen LogP contribution in [0.1, 0.15) is 5.56 Å². The van der Waals surface area contributed by atoms with Crippen LogP contribution in [0.4, 0.5) is 17.6 Å². The lowest BCUT2D eigenvalue weighted by Gasteiger charge is -2.10. The summed E-state index contributed by atoms with van der Waals surface area (Å²) in [5.74, 6) is -5.04. The quantitative estimate of drug-likeness (QED) is 0.207. The number of rotatable bonds is 3. The van der Waals surface area contributed by atoms with Crippen LogP contribution in [0, 0.1) is 23.3 Å². The molecule has 0 spiro atoms. The van der Waals surface area contributed by atoms with Gasteiger partial charge in [-0.3, -0.25) is 0 Å². The Balaban J connectivity index is 1.60. The molecule has 0 N–H and O–H groups in total. The fourth-order valence-electron chi connectivity index (χ4n) is 2.99. The lowest BCUT2D eigenvalue weighted by Crippen LogP contribution is -2.07. The predicted molar refractivity (Wildman–Crippen MR) is 108 cm³/mol. The maximum Gasteiger partial charge on any atom is 0.198 e. The van der Waals surface area contributed by atoms with Gasteiger partial charge in [-0.1, -0.05) is 30.3 Å². The second-order valence-electron chi connectivity index (χ2n) is 6.35. The van der Waals surface area contributed by atoms with E-state index in [0.29, 0.717) is 5.56 Å². The Labute approximate surface area is 169 Å². The van der Waals surface area contributed by atoms with Crippen molar-refractivity contribution in [3.63, 3.8) is 0 Å². The Kier molecular flexibility index (Phi) is 5.03. The van der Waals surface area contributed by atoms with Gasteiger partial charge in [-0.05, 0) is 65.0 Å². The molecule has 0 saturated carbocycles. The van der Waals surface area contributed by atoms with Crippen LogP contribution in [0.25, 0.3) is 21.9 Å². The van der Waals surface area contributed by atoms with Crippen molar-refractivity contribution in [2.75, 3.05) is 0 Å². The van der Waals surface area contributed by atoms with Gasteiger partial charge in [0.2, 0.25) is 0 Å². The molecule has 0 unspecified atom stereocenters. The van der Waals surface area contributed by atoms with Gasteiger partial charge in [0.25, 0.3) is 0 Å². The van der Waals surface area contributed by atoms with Crippen LogP contribution in [-0.2, 0) is 0 Å². The number of hydrogen-bond acceptors (Lipinski definition) is 2. The van der Waals surface area contributed by atoms with Gasteiger partial charge in [-0.2, -0.15) is 0 Å². The summed E-state index contributed by atoms with van der Waals surface area (Å²) in [6.07, 6.45) is 0. The SMILES string of the molecule is Fc1cc(OC(=S)c2ccc3ccccc3c2)ccc1-c1cc(F)c(F)c(F)c1. The van der Waals surface area contributed by atoms with Gasteiger partial charge in [0, 0.05) is 17.2 Å². The Hall–Kier alpha value is -3.25. The van der Waals surface area contributed by atoms with Crippen molar-refractivity contribution in [2.45, 2.75) is 0 Å². The first-order chi connectivity index (χ1) is 13.9. The van der Waals surface area contributed by atoms with Crippen molar-refractivity contribution >= 4 is 28.0 Å². The molecule has 144 valence electrons. The molecule has 4 rings (SSSR count). The van der Waals surface area contributed by atoms with Gasteiger partial charge in [-0.25, -0.2) is 17.6 Å². The summed E-state index contributed by atoms with van der Waals surface area (Å²) in [7, 11) is 0. The number of thiocarbonyl (C=S) groups is 1. The average molecular weight is 412 g/mol. The maximum atomic E-state index is 14.5. The topological polar surface area (TPSA) is 9.23 Å². The van der Waals surface area contributed by atoms with E-state index in [2.05, 4.69) is 0 Å². The molecular formula is C23H12F4OS. The third-order valence-corrected chi connectivity index (χ3v) is 4.75. The first-order valence-corrected chi connectivity index (χ1v) is 8.98. The molecule has 4 aromatic rings. The first-order valence-electron chi connectivity index (χ1n) is 8.58. The van der Waals surface area contributed by atoms with Crippen LogP contribution in [0.3, 0.4) is 0 Å². The fourth-order valence-corrected chi connectivity index (χ4v) is 3.21. The molecule has 0 atom stereocenters. The Morgan fingerprint density at radius 2 is 1.38 bits per heavy atom. The third-order valence-electron chi connectivity index (χ3n) is 4.43. The van der Waals surface area contributed by atoms with E-state index in [1.54, 1.807) is 6.07 Å². The molecule has 0 heterocycles. The molecule has 0 fully saturated rings. The van der Waals surface area contributed by atoms with Gasteiger partial charge < -0.3 is 4.74 Å². The summed E-state index contributed by atoms with van der Waals surface area (Å²) in [6, 6.07) is 18.6. The van der Waals surface area contributed by atoms with E-state index in [-0.39, 0.29) is 21.9 Å². The van der Waals surface area contributed by atoms with Crippen LogP contribution >= 0.6 is 12.2 Å². The van der Waals surface area contributed by atoms with Crippen molar-refractivity contribution in [1.82, 2.24) is 0 Å². The van der Waals surface area contributed by atoms with Crippen LogP contribution in [-0.4, -0.2) is 5.05 Å². The average Bonchev–Trinajstić information content (AvgIpc) is 2.71. The highest BCUT2D eigenvalue weighted by Gasteiger charge is 2.15. The second-order valence-corrected chi connectivity index (χ2v) is 6.72. The Morgan fingerprint density at radius 1 is 0.690 bits per heavy atom. The minimum Gasteiger partial charge on any atom is -0.445 e. The molecule has 4 aromatic carbocycles. The first kappa shape index (κ1) is 19.1. The van der Waals surface area contributed by atoms with E-state index in [1.807, 2.05) is 36.4 Å². The normalized spacial score (nSPS) is 10.9. The highest BCUT2D eigenvalue weighted by atomic mass is 32.1. The lowest BCUT2D eigenvalue weighted by atomic mass is 10.0. The molecule has 0 bridgehead atoms. The summed E-state index contributed by atoms with van der Waals surface area (Å²) in [4.78, 5) is 0. The van der Waals surface area contributed by atoms with E-state index in [9.17, 15) is 17.6 Å². The maximum absolute atomic E-state index is 14.5. The van der Waals surface area contributed by atoms with E-state index in [1.165, 1.54) is 12.1 Å². The molecule has 29 heavy (non-hydrogen) atoms. The summed E-state index contributed by atoms with van der Waals surface area (Å²) in [6.45, 7) is 0. The molecule has 0 aliphatic heterocycles. The highest BCUT2D eigenvalue weighted by molar-refractivity contribution is 7.80. The van der Waals surface area contributed by atoms with Crippen molar-refractivity contribution in [1.29, 1.82) is 0 Å². The van der Waals surface area contributed by atoms with Crippen molar-refractivity contribution in [3.05, 3.63) is 102 Å². The van der Waals surface area contributed by atoms with Crippen LogP contribution < -0.4 is 4.74 Å². The van der Waals surface area contributed by atoms with Crippen LogP contribution in [0.2, 0.25) is 0 Å². The number of fused-ring (bicyclic) bond motifs is 1. The zero-order chi connectivity index (χ0) is 20.5. The summed E-state index contributed by atoms with van der Waals surface area (Å²) >= 11 is 5.30. The molecule has 6 heteroatoms. The highest BCUT2D eigenvalue weighted by Crippen LogP contribution is 2.29. The molecule has 0 aliphatic carbocycles. The Bertz CT molecular complexity index is 1230. The number of halogens is 4. The standard InChI is InChI=1S/C23H12F4OS/c24-19-12-17(7-8-18(19)16-10-20(25)22(27)21(26)11-16)28-23(29)15-6-5-13-3-1-2-4-14(13)9-15/h1-12H. The van der Waals surface area contributed by atoms with E-state index in [4.69, 9.17) is 17.0 Å². The summed E-state index contributed by atoms with van der Waals surface area (Å²) in [5.41, 5.74) is 0.445. The molecule has 0 radical (unpaired) electrons. The zero-order valence-corrected chi connectivity index (χ0v) is 15.6. The van der Waals surface area contributed by atoms with Crippen LogP contribution in [0.15, 0.2) is 72.8 Å². The summed E-state index contributed by atoms with van der Waals surface area (Å²) in [5, 5.41) is 2.19. The monoisotopic (exact) mass is 412 g/mol. The van der Waals surface area contributed by atoms with Crippen molar-refractivity contribution in [3.8, 4) is 16.9 Å². The molecule has 0 saturated heterocycles. The molecule has 0 amide bonds. The van der Waals surface area contributed by atoms with Crippen molar-refractivity contribution < 1.29 is 22.3 Å². The van der Waals surface area contributed by atoms with E-state index < -0.39 is 23.3 Å². The number of ether oxygens (including phenoxy) is 1. The second kappa shape index (κ2) is 7.64. The van der Waals surface area contributed by atoms with E-state index in [0.717, 1.165) is 29.0 Å². The van der Waals surface area contributed by atoms with Gasteiger partial charge in [-0.15, -0.1) is 0 Å². The van der Waals surface area contributed by atoms with Gasteiger partial charge >= 0.3 is 0 Å². The van der Waals surface area contributed by atoms with Crippen LogP contribution in [0.5, 0.6) is 5.75 Å². The molecule has 0 aliphatic rings. The number of hydrogen-bond donors (Lipinski definition) is 0. The number of benzene rings is 4. The molecule has 1 nitrogen and oxygen atoms in total. The summed E-state index contributed by atoms with van der Waals surface area (Å²) < 4.78 is 60.0. The minimum atomic E-state index is -1.60. The fraction of sp³-hybridized carbons (Fsp3) is 0. The van der Waals surface area contributed by atoms with Gasteiger partial charge in [0.05, 0.1) is 0 Å². The predicted octanol–water partition coefficient (Wildman–Crippen LogP) is 6.82. The lowest BCUT2D eigenvalue weighted by molar-refractivity contribution is 0.447. The van der Waals surface area contributed by atoms with Gasteiger partial charge in [0.1, 0.15) is 11.6 Å². The van der Waals surface area contributed by atoms with Crippen molar-refractivity contribution in [2.24, 2.45) is 0 Å². The minimum absolute atomic E-state index is 0.0910. The van der Waals surface area contributed by atoms with Gasteiger partial charge in [0.15, 0.2) is 22.5 Å². The largest absolute Gasteiger partial charge is 0.445 e. The zero-order valence-electron chi connectivity index (χ0n) is 14.8. The smallest absolute Gasteiger partial charge is 0.198 e. The molecule has 0 aromatic heterocycles.